The van der Waals surface area contributed by atoms with Crippen molar-refractivity contribution in [2.24, 2.45) is 0 Å². The Kier molecular flexibility index (Phi) is 4.53. The maximum Gasteiger partial charge on any atom is 0.266 e. The van der Waals surface area contributed by atoms with Crippen molar-refractivity contribution in [3.05, 3.63) is 59.5 Å². The summed E-state index contributed by atoms with van der Waals surface area (Å²) in [6.07, 6.45) is 6.99. The molecule has 0 aliphatic carbocycles. The highest BCUT2D eigenvalue weighted by molar-refractivity contribution is 5.87. The van der Waals surface area contributed by atoms with E-state index in [1.54, 1.807) is 29.3 Å². The van der Waals surface area contributed by atoms with E-state index in [4.69, 9.17) is 0 Å². The third-order valence-electron chi connectivity index (χ3n) is 5.22. The highest BCUT2D eigenvalue weighted by Gasteiger charge is 2.20. The van der Waals surface area contributed by atoms with E-state index in [1.807, 2.05) is 24.5 Å². The van der Waals surface area contributed by atoms with Gasteiger partial charge in [0.05, 0.1) is 11.9 Å². The van der Waals surface area contributed by atoms with Gasteiger partial charge in [-0.2, -0.15) is 5.10 Å². The van der Waals surface area contributed by atoms with Crippen LogP contribution >= 0.6 is 0 Å². The van der Waals surface area contributed by atoms with E-state index >= 15 is 0 Å². The number of H-pyrrole nitrogens is 1. The van der Waals surface area contributed by atoms with Gasteiger partial charge in [0.15, 0.2) is 5.82 Å². The largest absolute Gasteiger partial charge is 0.353 e. The molecule has 1 N–H and O–H groups in total. The zero-order valence-electron chi connectivity index (χ0n) is 15.8. The highest BCUT2D eigenvalue weighted by Crippen LogP contribution is 2.22. The molecule has 0 saturated carbocycles. The van der Waals surface area contributed by atoms with Crippen LogP contribution in [0.1, 0.15) is 0 Å². The average molecular weight is 391 g/mol. The van der Waals surface area contributed by atoms with Crippen molar-refractivity contribution in [3.8, 4) is 5.82 Å². The maximum atomic E-state index is 12.2. The van der Waals surface area contributed by atoms with Crippen LogP contribution in [0.25, 0.3) is 16.9 Å². The first-order valence-corrected chi connectivity index (χ1v) is 9.61. The minimum absolute atomic E-state index is 0.102. The van der Waals surface area contributed by atoms with Crippen molar-refractivity contribution in [2.75, 3.05) is 37.6 Å². The van der Waals surface area contributed by atoms with Crippen LogP contribution in [-0.4, -0.2) is 72.1 Å². The van der Waals surface area contributed by atoms with E-state index in [-0.39, 0.29) is 5.56 Å². The molecule has 1 saturated heterocycles. The van der Waals surface area contributed by atoms with E-state index in [9.17, 15) is 4.79 Å². The molecule has 1 fully saturated rings. The Bertz CT molecular complexity index is 1160. The maximum absolute atomic E-state index is 12.2. The normalized spacial score (nSPS) is 15.2. The SMILES string of the molecule is O=c1ccc(-n2cccn2)nn1CCN1CCN(c2ncnc3[nH]ccc23)CC1. The molecule has 29 heavy (non-hydrogen) atoms. The molecular formula is C19H21N9O. The minimum Gasteiger partial charge on any atom is -0.353 e. The molecule has 148 valence electrons. The molecule has 1 aliphatic rings. The standard InChI is InChI=1S/C19H21N9O/c29-17-3-2-16(27-7-1-5-23-27)24-28(17)13-10-25-8-11-26(12-9-25)19-15-4-6-20-18(15)21-14-22-19/h1-7,14H,8-13H2,(H,20,21,22). The molecule has 4 aromatic rings. The van der Waals surface area contributed by atoms with Gasteiger partial charge in [0.2, 0.25) is 0 Å². The molecular weight excluding hydrogens is 370 g/mol. The van der Waals surface area contributed by atoms with Gasteiger partial charge >= 0.3 is 0 Å². The highest BCUT2D eigenvalue weighted by atomic mass is 16.1. The number of anilines is 1. The summed E-state index contributed by atoms with van der Waals surface area (Å²) in [6.45, 7) is 4.89. The molecule has 0 unspecified atom stereocenters. The number of hydrogen-bond acceptors (Lipinski definition) is 7. The topological polar surface area (TPSA) is 101 Å². The lowest BCUT2D eigenvalue weighted by atomic mass is 10.2. The molecule has 0 amide bonds. The number of aromatic nitrogens is 7. The molecule has 4 aromatic heterocycles. The van der Waals surface area contributed by atoms with E-state index in [2.05, 4.69) is 34.9 Å². The zero-order valence-corrected chi connectivity index (χ0v) is 15.8. The number of piperazine rings is 1. The van der Waals surface area contributed by atoms with E-state index < -0.39 is 0 Å². The van der Waals surface area contributed by atoms with Gasteiger partial charge in [0, 0.05) is 57.4 Å². The molecule has 0 radical (unpaired) electrons. The van der Waals surface area contributed by atoms with Crippen molar-refractivity contribution in [1.82, 2.24) is 39.4 Å². The third-order valence-corrected chi connectivity index (χ3v) is 5.22. The summed E-state index contributed by atoms with van der Waals surface area (Å²) >= 11 is 0. The van der Waals surface area contributed by atoms with Gasteiger partial charge in [-0.05, 0) is 18.2 Å². The summed E-state index contributed by atoms with van der Waals surface area (Å²) in [6, 6.07) is 7.07. The molecule has 0 atom stereocenters. The zero-order chi connectivity index (χ0) is 19.6. The van der Waals surface area contributed by atoms with Crippen molar-refractivity contribution in [2.45, 2.75) is 6.54 Å². The van der Waals surface area contributed by atoms with Crippen molar-refractivity contribution in [3.63, 3.8) is 0 Å². The van der Waals surface area contributed by atoms with Gasteiger partial charge in [-0.25, -0.2) is 19.3 Å². The summed E-state index contributed by atoms with van der Waals surface area (Å²) in [4.78, 5) is 28.7. The summed E-state index contributed by atoms with van der Waals surface area (Å²) in [5.74, 6) is 1.61. The van der Waals surface area contributed by atoms with Crippen LogP contribution in [0.3, 0.4) is 0 Å². The molecule has 5 rings (SSSR count). The van der Waals surface area contributed by atoms with Crippen LogP contribution in [0.2, 0.25) is 0 Å². The Morgan fingerprint density at radius 2 is 1.93 bits per heavy atom. The summed E-state index contributed by atoms with van der Waals surface area (Å²) in [7, 11) is 0. The number of nitrogens with one attached hydrogen (secondary N) is 1. The lowest BCUT2D eigenvalue weighted by Gasteiger charge is -2.35. The van der Waals surface area contributed by atoms with E-state index in [1.165, 1.54) is 4.68 Å². The Balaban J connectivity index is 1.22. The molecule has 0 spiro atoms. The van der Waals surface area contributed by atoms with Crippen LogP contribution in [-0.2, 0) is 6.54 Å². The number of nitrogens with zero attached hydrogens (tertiary/aromatic N) is 8. The Hall–Kier alpha value is -3.53. The summed E-state index contributed by atoms with van der Waals surface area (Å²) in [5, 5.41) is 9.66. The van der Waals surface area contributed by atoms with Crippen LogP contribution in [0.5, 0.6) is 0 Å². The average Bonchev–Trinajstić information content (AvgIpc) is 3.45. The summed E-state index contributed by atoms with van der Waals surface area (Å²) in [5.41, 5.74) is 0.760. The predicted octanol–water partition coefficient (Wildman–Crippen LogP) is 0.523. The first-order chi connectivity index (χ1) is 14.3. The van der Waals surface area contributed by atoms with E-state index in [0.29, 0.717) is 12.4 Å². The van der Waals surface area contributed by atoms with Crippen molar-refractivity contribution in [1.29, 1.82) is 0 Å². The van der Waals surface area contributed by atoms with Crippen LogP contribution < -0.4 is 10.5 Å². The quantitative estimate of drug-likeness (QED) is 0.529. The fraction of sp³-hybridized carbons (Fsp3) is 0.316. The van der Waals surface area contributed by atoms with E-state index in [0.717, 1.165) is 49.6 Å². The van der Waals surface area contributed by atoms with Gasteiger partial charge in [-0.15, -0.1) is 5.10 Å². The minimum atomic E-state index is -0.102. The van der Waals surface area contributed by atoms with Crippen molar-refractivity contribution >= 4 is 16.9 Å². The number of aromatic amines is 1. The van der Waals surface area contributed by atoms with Crippen LogP contribution in [0, 0.1) is 0 Å². The second kappa shape index (κ2) is 7.47. The smallest absolute Gasteiger partial charge is 0.266 e. The predicted molar refractivity (Wildman–Crippen MR) is 108 cm³/mol. The first-order valence-electron chi connectivity index (χ1n) is 9.61. The fourth-order valence-corrected chi connectivity index (χ4v) is 3.65. The fourth-order valence-electron chi connectivity index (χ4n) is 3.65. The Labute approximate surface area is 166 Å². The molecule has 0 aromatic carbocycles. The van der Waals surface area contributed by atoms with Crippen LogP contribution in [0.15, 0.2) is 54.0 Å². The molecule has 10 nitrogen and oxygen atoms in total. The molecule has 0 bridgehead atoms. The number of rotatable bonds is 5. The molecule has 5 heterocycles. The summed E-state index contributed by atoms with van der Waals surface area (Å²) < 4.78 is 3.16. The van der Waals surface area contributed by atoms with Crippen LogP contribution in [0.4, 0.5) is 5.82 Å². The third kappa shape index (κ3) is 3.49. The Morgan fingerprint density at radius 3 is 2.76 bits per heavy atom. The monoisotopic (exact) mass is 391 g/mol. The lowest BCUT2D eigenvalue weighted by Crippen LogP contribution is -2.48. The molecule has 1 aliphatic heterocycles. The van der Waals surface area contributed by atoms with Gasteiger partial charge in [-0.3, -0.25) is 9.69 Å². The second-order valence-electron chi connectivity index (χ2n) is 6.97. The number of hydrogen-bond donors (Lipinski definition) is 1. The van der Waals surface area contributed by atoms with Gasteiger partial charge in [0.1, 0.15) is 17.8 Å². The van der Waals surface area contributed by atoms with Gasteiger partial charge < -0.3 is 9.88 Å². The molecule has 10 heteroatoms. The second-order valence-corrected chi connectivity index (χ2v) is 6.97. The lowest BCUT2D eigenvalue weighted by molar-refractivity contribution is 0.242. The van der Waals surface area contributed by atoms with Gasteiger partial charge in [0.25, 0.3) is 5.56 Å². The van der Waals surface area contributed by atoms with Gasteiger partial charge in [-0.1, -0.05) is 0 Å². The number of fused-ring (bicyclic) bond motifs is 1. The Morgan fingerprint density at radius 1 is 1.03 bits per heavy atom. The van der Waals surface area contributed by atoms with Crippen molar-refractivity contribution < 1.29 is 0 Å². The first kappa shape index (κ1) is 17.6.